The van der Waals surface area contributed by atoms with E-state index in [1.807, 2.05) is 24.3 Å². The Morgan fingerprint density at radius 3 is 2.47 bits per heavy atom. The molecule has 0 saturated heterocycles. The Labute approximate surface area is 198 Å². The monoisotopic (exact) mass is 496 g/mol. The summed E-state index contributed by atoms with van der Waals surface area (Å²) in [5.41, 5.74) is 2.20. The van der Waals surface area contributed by atoms with Crippen LogP contribution in [0.5, 0.6) is 0 Å². The van der Waals surface area contributed by atoms with E-state index in [1.165, 1.54) is 18.2 Å². The van der Waals surface area contributed by atoms with Crippen LogP contribution in [0, 0.1) is 0 Å². The van der Waals surface area contributed by atoms with E-state index >= 15 is 0 Å². The summed E-state index contributed by atoms with van der Waals surface area (Å²) in [5, 5.41) is 6.58. The number of amidine groups is 1. The highest BCUT2D eigenvalue weighted by molar-refractivity contribution is 7.91. The van der Waals surface area contributed by atoms with Crippen LogP contribution in [0.4, 0.5) is 0 Å². The van der Waals surface area contributed by atoms with Crippen LogP contribution in [0.1, 0.15) is 17.5 Å². The van der Waals surface area contributed by atoms with Gasteiger partial charge in [0.25, 0.3) is 0 Å². The second-order valence-electron chi connectivity index (χ2n) is 7.53. The molecule has 1 amide bonds. The van der Waals surface area contributed by atoms with Crippen LogP contribution in [0.2, 0.25) is 10.0 Å². The first-order valence-corrected chi connectivity index (χ1v) is 12.7. The molecule has 0 aliphatic carbocycles. The van der Waals surface area contributed by atoms with Gasteiger partial charge in [-0.25, -0.2) is 8.42 Å². The molecule has 7 nitrogen and oxygen atoms in total. The lowest BCUT2D eigenvalue weighted by Gasteiger charge is -2.17. The maximum Gasteiger partial charge on any atom is 0.223 e. The molecule has 2 aromatic carbocycles. The fourth-order valence-corrected chi connectivity index (χ4v) is 5.07. The second kappa shape index (κ2) is 11.1. The largest absolute Gasteiger partial charge is 0.368 e. The number of benzene rings is 2. The Kier molecular flexibility index (Phi) is 8.53. The van der Waals surface area contributed by atoms with Crippen molar-refractivity contribution in [2.75, 3.05) is 39.1 Å². The van der Waals surface area contributed by atoms with Crippen molar-refractivity contribution in [1.82, 2.24) is 15.5 Å². The minimum atomic E-state index is -3.60. The number of nitrogens with one attached hydrogen (secondary N) is 2. The van der Waals surface area contributed by atoms with Gasteiger partial charge in [0.15, 0.2) is 9.84 Å². The molecular formula is C22H26Cl2N4O3S. The van der Waals surface area contributed by atoms with Crippen molar-refractivity contribution in [3.63, 3.8) is 0 Å². The van der Waals surface area contributed by atoms with Crippen LogP contribution in [0.15, 0.2) is 52.4 Å². The number of sulfone groups is 1. The fraction of sp³-hybridized carbons (Fsp3) is 0.364. The van der Waals surface area contributed by atoms with Gasteiger partial charge in [0, 0.05) is 48.7 Å². The smallest absolute Gasteiger partial charge is 0.223 e. The molecule has 1 heterocycles. The first-order chi connectivity index (χ1) is 15.2. The average Bonchev–Trinajstić information content (AvgIpc) is 3.29. The maximum absolute atomic E-state index is 12.4. The third kappa shape index (κ3) is 6.93. The minimum absolute atomic E-state index is 0.0488. The molecular weight excluding hydrogens is 471 g/mol. The van der Waals surface area contributed by atoms with E-state index in [4.69, 9.17) is 23.2 Å². The normalized spacial score (nSPS) is 13.5. The third-order valence-electron chi connectivity index (χ3n) is 5.07. The van der Waals surface area contributed by atoms with Crippen molar-refractivity contribution < 1.29 is 13.2 Å². The summed E-state index contributed by atoms with van der Waals surface area (Å²) in [7, 11) is -1.85. The summed E-state index contributed by atoms with van der Waals surface area (Å²) in [6.45, 7) is 2.51. The molecule has 172 valence electrons. The van der Waals surface area contributed by atoms with Crippen LogP contribution >= 0.6 is 23.2 Å². The summed E-state index contributed by atoms with van der Waals surface area (Å²) in [6, 6.07) is 12.3. The topological polar surface area (TPSA) is 90.9 Å². The number of halogens is 2. The Hall–Kier alpha value is -2.13. The van der Waals surface area contributed by atoms with Gasteiger partial charge in [-0.05, 0) is 30.2 Å². The van der Waals surface area contributed by atoms with Crippen LogP contribution < -0.4 is 10.6 Å². The van der Waals surface area contributed by atoms with Crippen molar-refractivity contribution in [1.29, 1.82) is 0 Å². The van der Waals surface area contributed by atoms with Gasteiger partial charge in [0.1, 0.15) is 11.7 Å². The van der Waals surface area contributed by atoms with Gasteiger partial charge in [-0.15, -0.1) is 0 Å². The molecule has 0 spiro atoms. The maximum atomic E-state index is 12.4. The number of hydrogen-bond acceptors (Lipinski definition) is 6. The van der Waals surface area contributed by atoms with Crippen LogP contribution in [-0.2, 0) is 21.1 Å². The lowest BCUT2D eigenvalue weighted by molar-refractivity contribution is -0.129. The van der Waals surface area contributed by atoms with Crippen molar-refractivity contribution in [2.45, 2.75) is 17.7 Å². The SMILES string of the molecule is CN(CCc1ccc(C2=NCCN2)cc1)C(=O)CCNCS(=O)(=O)c1cc(Cl)cc(Cl)c1. The van der Waals surface area contributed by atoms with E-state index in [1.54, 1.807) is 11.9 Å². The molecule has 32 heavy (non-hydrogen) atoms. The first-order valence-electron chi connectivity index (χ1n) is 10.3. The van der Waals surface area contributed by atoms with E-state index in [2.05, 4.69) is 15.6 Å². The van der Waals surface area contributed by atoms with Gasteiger partial charge in [-0.2, -0.15) is 0 Å². The van der Waals surface area contributed by atoms with E-state index in [0.29, 0.717) is 6.54 Å². The third-order valence-corrected chi connectivity index (χ3v) is 7.04. The van der Waals surface area contributed by atoms with Gasteiger partial charge in [-0.1, -0.05) is 47.5 Å². The number of hydrogen-bond donors (Lipinski definition) is 2. The van der Waals surface area contributed by atoms with Crippen molar-refractivity contribution >= 4 is 44.8 Å². The number of likely N-dealkylation sites (N-methyl/N-ethyl adjacent to an activating group) is 1. The molecule has 0 fully saturated rings. The Balaban J connectivity index is 1.40. The molecule has 0 bridgehead atoms. The van der Waals surface area contributed by atoms with Crippen LogP contribution in [-0.4, -0.2) is 64.2 Å². The fourth-order valence-electron chi connectivity index (χ4n) is 3.23. The van der Waals surface area contributed by atoms with Crippen LogP contribution in [0.25, 0.3) is 0 Å². The van der Waals surface area contributed by atoms with Gasteiger partial charge in [0.05, 0.1) is 11.4 Å². The molecule has 1 aliphatic rings. The van der Waals surface area contributed by atoms with E-state index in [0.717, 1.165) is 36.5 Å². The van der Waals surface area contributed by atoms with Crippen molar-refractivity contribution in [2.24, 2.45) is 4.99 Å². The van der Waals surface area contributed by atoms with Crippen molar-refractivity contribution in [3.8, 4) is 0 Å². The number of carbonyl (C=O) groups excluding carboxylic acids is 1. The molecule has 0 saturated carbocycles. The minimum Gasteiger partial charge on any atom is -0.368 e. The quantitative estimate of drug-likeness (QED) is 0.493. The predicted molar refractivity (Wildman–Crippen MR) is 128 cm³/mol. The summed E-state index contributed by atoms with van der Waals surface area (Å²) >= 11 is 11.8. The summed E-state index contributed by atoms with van der Waals surface area (Å²) < 4.78 is 24.8. The zero-order chi connectivity index (χ0) is 23.1. The molecule has 0 unspecified atom stereocenters. The van der Waals surface area contributed by atoms with Gasteiger partial charge in [0.2, 0.25) is 5.91 Å². The molecule has 2 aromatic rings. The molecule has 0 atom stereocenters. The lowest BCUT2D eigenvalue weighted by Crippen LogP contribution is -2.32. The Morgan fingerprint density at radius 1 is 1.16 bits per heavy atom. The molecule has 0 radical (unpaired) electrons. The summed E-state index contributed by atoms with van der Waals surface area (Å²) in [6.07, 6.45) is 0.937. The van der Waals surface area contributed by atoms with E-state index < -0.39 is 9.84 Å². The predicted octanol–water partition coefficient (Wildman–Crippen LogP) is 2.76. The van der Waals surface area contributed by atoms with E-state index in [9.17, 15) is 13.2 Å². The summed E-state index contributed by atoms with van der Waals surface area (Å²) in [4.78, 5) is 18.5. The molecule has 1 aliphatic heterocycles. The molecule has 3 rings (SSSR count). The number of carbonyl (C=O) groups is 1. The van der Waals surface area contributed by atoms with Crippen molar-refractivity contribution in [3.05, 3.63) is 63.6 Å². The Bertz CT molecular complexity index is 1070. The van der Waals surface area contributed by atoms with Gasteiger partial charge >= 0.3 is 0 Å². The lowest BCUT2D eigenvalue weighted by atomic mass is 10.1. The van der Waals surface area contributed by atoms with Gasteiger partial charge < -0.3 is 15.5 Å². The van der Waals surface area contributed by atoms with E-state index in [-0.39, 0.29) is 39.7 Å². The highest BCUT2D eigenvalue weighted by Gasteiger charge is 2.16. The van der Waals surface area contributed by atoms with Crippen LogP contribution in [0.3, 0.4) is 0 Å². The van der Waals surface area contributed by atoms with Gasteiger partial charge in [-0.3, -0.25) is 9.79 Å². The first kappa shape index (κ1) is 24.5. The number of aliphatic imine (C=N–C) groups is 1. The highest BCUT2D eigenvalue weighted by Crippen LogP contribution is 2.22. The Morgan fingerprint density at radius 2 is 1.84 bits per heavy atom. The number of rotatable bonds is 10. The zero-order valence-corrected chi connectivity index (χ0v) is 20.1. The number of nitrogens with zero attached hydrogens (tertiary/aromatic N) is 2. The second-order valence-corrected chi connectivity index (χ2v) is 10.4. The number of amides is 1. The standard InChI is InChI=1S/C22H26Cl2N4O3S/c1-28(11-7-16-2-4-17(5-3-16)22-26-9-10-27-22)21(29)6-8-25-15-32(30,31)20-13-18(23)12-19(24)14-20/h2-5,12-14,25H,6-11,15H2,1H3,(H,26,27). The zero-order valence-electron chi connectivity index (χ0n) is 17.8. The highest BCUT2D eigenvalue weighted by atomic mass is 35.5. The molecule has 0 aromatic heterocycles. The summed E-state index contributed by atoms with van der Waals surface area (Å²) in [5.74, 6) is 0.575. The molecule has 2 N–H and O–H groups in total. The average molecular weight is 497 g/mol. The molecule has 10 heteroatoms.